The fraction of sp³-hybridized carbons (Fsp3) is 0.667. The number of hydrogen-bond acceptors (Lipinski definition) is 1. The molecule has 1 nitrogen and oxygen atoms in total. The molecule has 0 unspecified atom stereocenters. The SMILES string of the molecule is C#CCCCCCCC=O. The molecule has 0 rings (SSSR count). The second kappa shape index (κ2) is 8.23. The van der Waals surface area contributed by atoms with Gasteiger partial charge in [0.15, 0.2) is 0 Å². The van der Waals surface area contributed by atoms with E-state index in [0.717, 1.165) is 38.4 Å². The lowest BCUT2D eigenvalue weighted by atomic mass is 10.1. The number of carbonyl (C=O) groups excluding carboxylic acids is 1. The number of unbranched alkanes of at least 4 members (excludes halogenated alkanes) is 5. The van der Waals surface area contributed by atoms with Gasteiger partial charge < -0.3 is 4.79 Å². The fourth-order valence-electron chi connectivity index (χ4n) is 0.808. The Kier molecular flexibility index (Phi) is 7.60. The van der Waals surface area contributed by atoms with Gasteiger partial charge in [-0.2, -0.15) is 0 Å². The highest BCUT2D eigenvalue weighted by Gasteiger charge is 1.86. The molecule has 0 spiro atoms. The van der Waals surface area contributed by atoms with E-state index in [4.69, 9.17) is 6.42 Å². The molecule has 0 aliphatic rings. The third-order valence-corrected chi connectivity index (χ3v) is 1.39. The van der Waals surface area contributed by atoms with Crippen molar-refractivity contribution < 1.29 is 4.79 Å². The van der Waals surface area contributed by atoms with Gasteiger partial charge in [0, 0.05) is 12.8 Å². The molecule has 0 aromatic carbocycles. The smallest absolute Gasteiger partial charge is 0.119 e. The largest absolute Gasteiger partial charge is 0.303 e. The Hall–Kier alpha value is -0.770. The zero-order valence-corrected chi connectivity index (χ0v) is 6.31. The molecular formula is C9H14O. The Bertz CT molecular complexity index is 110. The van der Waals surface area contributed by atoms with E-state index < -0.39 is 0 Å². The summed E-state index contributed by atoms with van der Waals surface area (Å²) in [6.45, 7) is 0. The van der Waals surface area contributed by atoms with Crippen molar-refractivity contribution in [1.82, 2.24) is 0 Å². The van der Waals surface area contributed by atoms with Crippen molar-refractivity contribution in [3.63, 3.8) is 0 Å². The van der Waals surface area contributed by atoms with Gasteiger partial charge in [-0.1, -0.05) is 12.8 Å². The minimum atomic E-state index is 0.704. The summed E-state index contributed by atoms with van der Waals surface area (Å²) in [4.78, 5) is 9.86. The molecule has 0 aliphatic heterocycles. The summed E-state index contributed by atoms with van der Waals surface area (Å²) in [5, 5.41) is 0. The van der Waals surface area contributed by atoms with Gasteiger partial charge in [0.1, 0.15) is 6.29 Å². The average molecular weight is 138 g/mol. The van der Waals surface area contributed by atoms with Crippen LogP contribution in [-0.4, -0.2) is 6.29 Å². The van der Waals surface area contributed by atoms with Crippen molar-refractivity contribution in [2.45, 2.75) is 38.5 Å². The predicted octanol–water partition coefficient (Wildman–Crippen LogP) is 2.16. The van der Waals surface area contributed by atoms with Crippen LogP contribution >= 0.6 is 0 Å². The minimum Gasteiger partial charge on any atom is -0.303 e. The molecular weight excluding hydrogens is 124 g/mol. The van der Waals surface area contributed by atoms with Crippen molar-refractivity contribution >= 4 is 6.29 Å². The summed E-state index contributed by atoms with van der Waals surface area (Å²) in [6.07, 6.45) is 12.0. The zero-order chi connectivity index (χ0) is 7.66. The number of terminal acetylenes is 1. The molecule has 0 aliphatic carbocycles. The van der Waals surface area contributed by atoms with E-state index in [1.807, 2.05) is 0 Å². The summed E-state index contributed by atoms with van der Waals surface area (Å²) in [5.74, 6) is 2.59. The molecule has 0 amide bonds. The topological polar surface area (TPSA) is 17.1 Å². The number of hydrogen-bond donors (Lipinski definition) is 0. The van der Waals surface area contributed by atoms with Gasteiger partial charge in [0.25, 0.3) is 0 Å². The normalized spacial score (nSPS) is 8.70. The molecule has 0 heterocycles. The molecule has 0 saturated carbocycles. The molecule has 0 aromatic rings. The molecule has 0 fully saturated rings. The fourth-order valence-corrected chi connectivity index (χ4v) is 0.808. The van der Waals surface area contributed by atoms with Crippen LogP contribution in [0.1, 0.15) is 38.5 Å². The van der Waals surface area contributed by atoms with Crippen LogP contribution in [0.2, 0.25) is 0 Å². The van der Waals surface area contributed by atoms with Gasteiger partial charge in [-0.15, -0.1) is 12.3 Å². The van der Waals surface area contributed by atoms with Crippen molar-refractivity contribution in [2.24, 2.45) is 0 Å². The van der Waals surface area contributed by atoms with Gasteiger partial charge in [-0.25, -0.2) is 0 Å². The Balaban J connectivity index is 2.78. The van der Waals surface area contributed by atoms with Gasteiger partial charge >= 0.3 is 0 Å². The summed E-state index contributed by atoms with van der Waals surface area (Å²) < 4.78 is 0. The van der Waals surface area contributed by atoms with Gasteiger partial charge in [0.2, 0.25) is 0 Å². The monoisotopic (exact) mass is 138 g/mol. The molecule has 0 N–H and O–H groups in total. The van der Waals surface area contributed by atoms with Crippen molar-refractivity contribution in [3.05, 3.63) is 0 Å². The van der Waals surface area contributed by atoms with Crippen LogP contribution in [0.4, 0.5) is 0 Å². The van der Waals surface area contributed by atoms with Crippen LogP contribution in [0.5, 0.6) is 0 Å². The summed E-state index contributed by atoms with van der Waals surface area (Å²) in [7, 11) is 0. The van der Waals surface area contributed by atoms with Crippen molar-refractivity contribution in [1.29, 1.82) is 0 Å². The Morgan fingerprint density at radius 1 is 1.20 bits per heavy atom. The van der Waals surface area contributed by atoms with E-state index in [-0.39, 0.29) is 0 Å². The first-order valence-corrected chi connectivity index (χ1v) is 3.79. The first kappa shape index (κ1) is 9.23. The highest BCUT2D eigenvalue weighted by atomic mass is 16.1. The predicted molar refractivity (Wildman–Crippen MR) is 42.6 cm³/mol. The summed E-state index contributed by atoms with van der Waals surface area (Å²) in [5.41, 5.74) is 0. The van der Waals surface area contributed by atoms with Crippen LogP contribution in [-0.2, 0) is 4.79 Å². The third kappa shape index (κ3) is 7.23. The van der Waals surface area contributed by atoms with E-state index in [2.05, 4.69) is 5.92 Å². The average Bonchev–Trinajstić information content (AvgIpc) is 1.97. The number of carbonyl (C=O) groups is 1. The maximum absolute atomic E-state index is 9.86. The molecule has 1 heteroatoms. The second-order valence-electron chi connectivity index (χ2n) is 2.32. The van der Waals surface area contributed by atoms with E-state index in [1.165, 1.54) is 0 Å². The molecule has 0 atom stereocenters. The van der Waals surface area contributed by atoms with Crippen LogP contribution in [0.25, 0.3) is 0 Å². The quantitative estimate of drug-likeness (QED) is 0.312. The van der Waals surface area contributed by atoms with E-state index in [0.29, 0.717) is 6.42 Å². The molecule has 0 aromatic heterocycles. The number of rotatable bonds is 6. The van der Waals surface area contributed by atoms with Gasteiger partial charge in [-0.3, -0.25) is 0 Å². The molecule has 0 bridgehead atoms. The summed E-state index contributed by atoms with van der Waals surface area (Å²) in [6, 6.07) is 0. The molecule has 10 heavy (non-hydrogen) atoms. The second-order valence-corrected chi connectivity index (χ2v) is 2.32. The lowest BCUT2D eigenvalue weighted by Gasteiger charge is -1.93. The Morgan fingerprint density at radius 3 is 2.50 bits per heavy atom. The number of aldehydes is 1. The van der Waals surface area contributed by atoms with Gasteiger partial charge in [-0.05, 0) is 12.8 Å². The van der Waals surface area contributed by atoms with Crippen molar-refractivity contribution in [3.8, 4) is 12.3 Å². The lowest BCUT2D eigenvalue weighted by molar-refractivity contribution is -0.107. The maximum atomic E-state index is 9.86. The van der Waals surface area contributed by atoms with Gasteiger partial charge in [0.05, 0.1) is 0 Å². The van der Waals surface area contributed by atoms with Crippen LogP contribution in [0.15, 0.2) is 0 Å². The third-order valence-electron chi connectivity index (χ3n) is 1.39. The lowest BCUT2D eigenvalue weighted by Crippen LogP contribution is -1.78. The zero-order valence-electron chi connectivity index (χ0n) is 6.31. The molecule has 56 valence electrons. The Morgan fingerprint density at radius 2 is 1.90 bits per heavy atom. The van der Waals surface area contributed by atoms with E-state index >= 15 is 0 Å². The van der Waals surface area contributed by atoms with Crippen molar-refractivity contribution in [2.75, 3.05) is 0 Å². The van der Waals surface area contributed by atoms with E-state index in [9.17, 15) is 4.79 Å². The van der Waals surface area contributed by atoms with Crippen LogP contribution in [0, 0.1) is 12.3 Å². The first-order valence-electron chi connectivity index (χ1n) is 3.79. The van der Waals surface area contributed by atoms with E-state index in [1.54, 1.807) is 0 Å². The maximum Gasteiger partial charge on any atom is 0.119 e. The van der Waals surface area contributed by atoms with Crippen LogP contribution < -0.4 is 0 Å². The minimum absolute atomic E-state index is 0.704. The standard InChI is InChI=1S/C9H14O/c1-2-3-4-5-6-7-8-9-10/h1,9H,3-8H2. The molecule has 0 saturated heterocycles. The Labute approximate surface area is 62.8 Å². The first-order chi connectivity index (χ1) is 4.91. The highest BCUT2D eigenvalue weighted by molar-refractivity contribution is 5.48. The summed E-state index contributed by atoms with van der Waals surface area (Å²) >= 11 is 0. The molecule has 0 radical (unpaired) electrons. The van der Waals surface area contributed by atoms with Crippen LogP contribution in [0.3, 0.4) is 0 Å². The highest BCUT2D eigenvalue weighted by Crippen LogP contribution is 2.02.